The third-order valence-corrected chi connectivity index (χ3v) is 4.93. The molecule has 0 bridgehead atoms. The molecule has 1 aliphatic rings. The van der Waals surface area contributed by atoms with Gasteiger partial charge in [-0.15, -0.1) is 0 Å². The minimum Gasteiger partial charge on any atom is -0.455 e. The van der Waals surface area contributed by atoms with Crippen LogP contribution in [-0.2, 0) is 12.8 Å². The summed E-state index contributed by atoms with van der Waals surface area (Å²) in [6.45, 7) is 8.15. The number of rotatable bonds is 3. The van der Waals surface area contributed by atoms with Crippen molar-refractivity contribution in [1.82, 2.24) is 9.97 Å². The highest BCUT2D eigenvalue weighted by molar-refractivity contribution is 5.88. The summed E-state index contributed by atoms with van der Waals surface area (Å²) in [7, 11) is 1.95. The highest BCUT2D eigenvalue weighted by Crippen LogP contribution is 2.42. The Morgan fingerprint density at radius 1 is 1.30 bits per heavy atom. The molecule has 0 saturated heterocycles. The van der Waals surface area contributed by atoms with Crippen molar-refractivity contribution in [2.75, 3.05) is 30.8 Å². The summed E-state index contributed by atoms with van der Waals surface area (Å²) < 4.78 is 6.14. The van der Waals surface area contributed by atoms with E-state index in [2.05, 4.69) is 30.7 Å². The molecule has 0 fully saturated rings. The van der Waals surface area contributed by atoms with Crippen LogP contribution in [0.2, 0.25) is 0 Å². The van der Waals surface area contributed by atoms with Crippen molar-refractivity contribution >= 4 is 22.9 Å². The second-order valence-corrected chi connectivity index (χ2v) is 7.60. The van der Waals surface area contributed by atoms with Crippen LogP contribution in [0.3, 0.4) is 0 Å². The van der Waals surface area contributed by atoms with E-state index in [0.717, 1.165) is 41.9 Å². The standard InChI is InChI=1S/C17H27N5O/c1-17(2,3)10-5-6-12-11(9-10)13-14(23-12)15(21-16(19)20-13)22(4)8-7-18/h10H,5-9,18H2,1-4H3,(H2,19,20,21). The smallest absolute Gasteiger partial charge is 0.222 e. The van der Waals surface area contributed by atoms with Gasteiger partial charge in [0, 0.05) is 32.1 Å². The second-order valence-electron chi connectivity index (χ2n) is 7.60. The molecular formula is C17H27N5O. The third kappa shape index (κ3) is 2.87. The molecular weight excluding hydrogens is 290 g/mol. The number of nitrogens with zero attached hydrogens (tertiary/aromatic N) is 3. The predicted molar refractivity (Wildman–Crippen MR) is 93.5 cm³/mol. The molecule has 2 heterocycles. The number of likely N-dealkylation sites (N-methyl/N-ethyl adjacent to an activating group) is 1. The van der Waals surface area contributed by atoms with Crippen molar-refractivity contribution in [3.05, 3.63) is 11.3 Å². The van der Waals surface area contributed by atoms with Crippen LogP contribution in [0.15, 0.2) is 4.42 Å². The molecule has 0 spiro atoms. The molecule has 126 valence electrons. The SMILES string of the molecule is CN(CCN)c1nc(N)nc2c3c(oc12)CCC(C(C)(C)C)C3. The van der Waals surface area contributed by atoms with Crippen LogP contribution in [0.1, 0.15) is 38.5 Å². The minimum absolute atomic E-state index is 0.277. The van der Waals surface area contributed by atoms with Gasteiger partial charge in [0.25, 0.3) is 0 Å². The van der Waals surface area contributed by atoms with Gasteiger partial charge >= 0.3 is 0 Å². The summed E-state index contributed by atoms with van der Waals surface area (Å²) >= 11 is 0. The Bertz CT molecular complexity index is 716. The molecule has 3 rings (SSSR count). The molecule has 0 amide bonds. The molecule has 4 N–H and O–H groups in total. The van der Waals surface area contributed by atoms with Crippen molar-refractivity contribution in [3.8, 4) is 0 Å². The average Bonchev–Trinajstić information content (AvgIpc) is 2.83. The Hall–Kier alpha value is -1.82. The summed E-state index contributed by atoms with van der Waals surface area (Å²) in [6, 6.07) is 0. The van der Waals surface area contributed by atoms with Crippen LogP contribution in [0.4, 0.5) is 11.8 Å². The van der Waals surface area contributed by atoms with E-state index < -0.39 is 0 Å². The van der Waals surface area contributed by atoms with Crippen molar-refractivity contribution in [2.45, 2.75) is 40.0 Å². The largest absolute Gasteiger partial charge is 0.455 e. The van der Waals surface area contributed by atoms with Gasteiger partial charge in [0.1, 0.15) is 11.3 Å². The first kappa shape index (κ1) is 16.1. The summed E-state index contributed by atoms with van der Waals surface area (Å²) in [6.07, 6.45) is 3.09. The molecule has 1 atom stereocenters. The van der Waals surface area contributed by atoms with Crippen LogP contribution in [0.5, 0.6) is 0 Å². The summed E-state index contributed by atoms with van der Waals surface area (Å²) in [5.74, 6) is 2.69. The van der Waals surface area contributed by atoms with Crippen molar-refractivity contribution in [3.63, 3.8) is 0 Å². The van der Waals surface area contributed by atoms with Gasteiger partial charge in [-0.3, -0.25) is 0 Å². The number of nitrogen functional groups attached to an aromatic ring is 1. The van der Waals surface area contributed by atoms with Crippen LogP contribution < -0.4 is 16.4 Å². The van der Waals surface area contributed by atoms with Gasteiger partial charge in [0.2, 0.25) is 5.95 Å². The van der Waals surface area contributed by atoms with Gasteiger partial charge in [-0.2, -0.15) is 4.98 Å². The number of nitrogens with two attached hydrogens (primary N) is 2. The molecule has 6 nitrogen and oxygen atoms in total. The zero-order chi connectivity index (χ0) is 16.8. The first-order chi connectivity index (χ1) is 10.8. The van der Waals surface area contributed by atoms with E-state index in [9.17, 15) is 0 Å². The molecule has 0 radical (unpaired) electrons. The van der Waals surface area contributed by atoms with Gasteiger partial charge in [-0.25, -0.2) is 4.98 Å². The predicted octanol–water partition coefficient (Wildman–Crippen LogP) is 2.35. The lowest BCUT2D eigenvalue weighted by Gasteiger charge is -2.33. The van der Waals surface area contributed by atoms with E-state index in [1.165, 1.54) is 5.56 Å². The number of fused-ring (bicyclic) bond motifs is 3. The Morgan fingerprint density at radius 2 is 2.04 bits per heavy atom. The maximum Gasteiger partial charge on any atom is 0.222 e. The lowest BCUT2D eigenvalue weighted by Crippen LogP contribution is -2.26. The van der Waals surface area contributed by atoms with Crippen LogP contribution in [-0.4, -0.2) is 30.1 Å². The van der Waals surface area contributed by atoms with E-state index in [4.69, 9.17) is 15.9 Å². The molecule has 0 aromatic carbocycles. The van der Waals surface area contributed by atoms with E-state index in [1.54, 1.807) is 0 Å². The summed E-state index contributed by atoms with van der Waals surface area (Å²) in [5, 5.41) is 0. The average molecular weight is 317 g/mol. The topological polar surface area (TPSA) is 94.2 Å². The first-order valence-corrected chi connectivity index (χ1v) is 8.30. The first-order valence-electron chi connectivity index (χ1n) is 8.30. The third-order valence-electron chi connectivity index (χ3n) is 4.93. The quantitative estimate of drug-likeness (QED) is 0.902. The maximum absolute atomic E-state index is 6.14. The van der Waals surface area contributed by atoms with E-state index in [0.29, 0.717) is 19.0 Å². The van der Waals surface area contributed by atoms with Crippen LogP contribution in [0.25, 0.3) is 11.1 Å². The highest BCUT2D eigenvalue weighted by atomic mass is 16.3. The lowest BCUT2D eigenvalue weighted by molar-refractivity contribution is 0.210. The monoisotopic (exact) mass is 317 g/mol. The van der Waals surface area contributed by atoms with Crippen molar-refractivity contribution < 1.29 is 4.42 Å². The fraction of sp³-hybridized carbons (Fsp3) is 0.647. The molecule has 1 unspecified atom stereocenters. The Labute approximate surface area is 137 Å². The minimum atomic E-state index is 0.277. The fourth-order valence-corrected chi connectivity index (χ4v) is 3.43. The number of anilines is 2. The molecule has 0 aliphatic heterocycles. The zero-order valence-corrected chi connectivity index (χ0v) is 14.5. The zero-order valence-electron chi connectivity index (χ0n) is 14.5. The maximum atomic E-state index is 6.14. The highest BCUT2D eigenvalue weighted by Gasteiger charge is 2.33. The van der Waals surface area contributed by atoms with Gasteiger partial charge in [-0.1, -0.05) is 20.8 Å². The Balaban J connectivity index is 2.10. The number of aromatic nitrogens is 2. The Morgan fingerprint density at radius 3 is 2.70 bits per heavy atom. The van der Waals surface area contributed by atoms with Gasteiger partial charge in [0.05, 0.1) is 0 Å². The summed E-state index contributed by atoms with van der Waals surface area (Å²) in [4.78, 5) is 10.8. The molecule has 2 aromatic rings. The van der Waals surface area contributed by atoms with Gasteiger partial charge in [0.15, 0.2) is 11.4 Å². The normalized spacial score (nSPS) is 18.2. The fourth-order valence-electron chi connectivity index (χ4n) is 3.43. The van der Waals surface area contributed by atoms with Gasteiger partial charge < -0.3 is 20.8 Å². The number of aryl methyl sites for hydroxylation is 1. The van der Waals surface area contributed by atoms with E-state index in [-0.39, 0.29) is 11.4 Å². The van der Waals surface area contributed by atoms with Crippen molar-refractivity contribution in [1.29, 1.82) is 0 Å². The molecule has 6 heteroatoms. The lowest BCUT2D eigenvalue weighted by atomic mass is 9.72. The molecule has 0 saturated carbocycles. The van der Waals surface area contributed by atoms with Crippen molar-refractivity contribution in [2.24, 2.45) is 17.1 Å². The Kier molecular flexibility index (Phi) is 3.96. The van der Waals surface area contributed by atoms with Crippen LogP contribution in [0, 0.1) is 11.3 Å². The summed E-state index contributed by atoms with van der Waals surface area (Å²) in [5.41, 5.74) is 14.7. The molecule has 2 aromatic heterocycles. The number of hydrogen-bond acceptors (Lipinski definition) is 6. The van der Waals surface area contributed by atoms with E-state index >= 15 is 0 Å². The number of furan rings is 1. The second kappa shape index (κ2) is 5.67. The van der Waals surface area contributed by atoms with E-state index in [1.807, 2.05) is 11.9 Å². The molecule has 1 aliphatic carbocycles. The van der Waals surface area contributed by atoms with Crippen LogP contribution >= 0.6 is 0 Å². The number of hydrogen-bond donors (Lipinski definition) is 2. The molecule has 23 heavy (non-hydrogen) atoms. The van der Waals surface area contributed by atoms with Gasteiger partial charge in [-0.05, 0) is 24.2 Å².